The minimum atomic E-state index is -4.39. The van der Waals surface area contributed by atoms with Crippen LogP contribution < -0.4 is 5.32 Å². The minimum Gasteiger partial charge on any atom is -0.388 e. The molecule has 0 aliphatic rings. The second-order valence-electron chi connectivity index (χ2n) is 2.46. The first kappa shape index (κ1) is 11.2. The molecule has 1 aromatic carbocycles. The SMILES string of the molecule is CNc1cc(F)c(S(=O)(=O)Cl)c(F)c1. The van der Waals surface area contributed by atoms with Gasteiger partial charge in [0.05, 0.1) is 0 Å². The summed E-state index contributed by atoms with van der Waals surface area (Å²) in [6.45, 7) is 0. The molecule has 78 valence electrons. The van der Waals surface area contributed by atoms with Crippen LogP contribution in [0.2, 0.25) is 0 Å². The molecule has 1 rings (SSSR count). The van der Waals surface area contributed by atoms with Crippen molar-refractivity contribution < 1.29 is 17.2 Å². The van der Waals surface area contributed by atoms with Gasteiger partial charge in [0.25, 0.3) is 9.05 Å². The predicted molar refractivity (Wildman–Crippen MR) is 48.9 cm³/mol. The van der Waals surface area contributed by atoms with Crippen molar-refractivity contribution in [2.45, 2.75) is 4.90 Å². The lowest BCUT2D eigenvalue weighted by atomic mass is 10.3. The van der Waals surface area contributed by atoms with Crippen molar-refractivity contribution in [2.75, 3.05) is 12.4 Å². The highest BCUT2D eigenvalue weighted by atomic mass is 35.7. The van der Waals surface area contributed by atoms with E-state index in [1.54, 1.807) is 0 Å². The maximum Gasteiger partial charge on any atom is 0.267 e. The third-order valence-electron chi connectivity index (χ3n) is 1.53. The van der Waals surface area contributed by atoms with Crippen molar-refractivity contribution in [1.82, 2.24) is 0 Å². The highest BCUT2D eigenvalue weighted by Gasteiger charge is 2.22. The van der Waals surface area contributed by atoms with Crippen LogP contribution in [0.15, 0.2) is 17.0 Å². The first-order valence-corrected chi connectivity index (χ1v) is 5.78. The van der Waals surface area contributed by atoms with Gasteiger partial charge < -0.3 is 5.32 Å². The summed E-state index contributed by atoms with van der Waals surface area (Å²) >= 11 is 0. The summed E-state index contributed by atoms with van der Waals surface area (Å²) in [4.78, 5) is -1.13. The molecule has 0 heterocycles. The molecule has 14 heavy (non-hydrogen) atoms. The lowest BCUT2D eigenvalue weighted by molar-refractivity contribution is 0.525. The molecule has 0 spiro atoms. The zero-order valence-corrected chi connectivity index (χ0v) is 8.59. The van der Waals surface area contributed by atoms with Gasteiger partial charge in [-0.3, -0.25) is 0 Å². The summed E-state index contributed by atoms with van der Waals surface area (Å²) in [5.41, 5.74) is 0.129. The van der Waals surface area contributed by atoms with Crippen molar-refractivity contribution in [1.29, 1.82) is 0 Å². The van der Waals surface area contributed by atoms with Gasteiger partial charge in [-0.15, -0.1) is 0 Å². The summed E-state index contributed by atoms with van der Waals surface area (Å²) in [5.74, 6) is -2.44. The number of halogens is 3. The van der Waals surface area contributed by atoms with E-state index >= 15 is 0 Å². The predicted octanol–water partition coefficient (Wildman–Crippen LogP) is 1.93. The van der Waals surface area contributed by atoms with Crippen molar-refractivity contribution in [3.8, 4) is 0 Å². The van der Waals surface area contributed by atoms with Gasteiger partial charge >= 0.3 is 0 Å². The van der Waals surface area contributed by atoms with Crippen LogP contribution in [0.3, 0.4) is 0 Å². The number of nitrogens with one attached hydrogen (secondary N) is 1. The summed E-state index contributed by atoms with van der Waals surface area (Å²) in [7, 11) is 1.89. The molecular formula is C7H6ClF2NO2S. The van der Waals surface area contributed by atoms with Gasteiger partial charge in [-0.2, -0.15) is 0 Å². The number of hydrogen-bond donors (Lipinski definition) is 1. The van der Waals surface area contributed by atoms with Crippen LogP contribution in [0.5, 0.6) is 0 Å². The highest BCUT2D eigenvalue weighted by molar-refractivity contribution is 8.13. The molecule has 0 aliphatic heterocycles. The van der Waals surface area contributed by atoms with E-state index in [9.17, 15) is 17.2 Å². The molecule has 0 fully saturated rings. The molecule has 3 nitrogen and oxygen atoms in total. The number of benzene rings is 1. The van der Waals surface area contributed by atoms with Crippen LogP contribution in [0.4, 0.5) is 14.5 Å². The van der Waals surface area contributed by atoms with Crippen molar-refractivity contribution in [3.63, 3.8) is 0 Å². The molecule has 1 N–H and O–H groups in total. The van der Waals surface area contributed by atoms with Crippen molar-refractivity contribution >= 4 is 25.4 Å². The molecule has 0 amide bonds. The Morgan fingerprint density at radius 2 is 1.71 bits per heavy atom. The summed E-state index contributed by atoms with van der Waals surface area (Å²) < 4.78 is 47.6. The topological polar surface area (TPSA) is 46.2 Å². The Bertz CT molecular complexity index is 438. The standard InChI is InChI=1S/C7H6ClF2NO2S/c1-11-4-2-5(9)7(6(10)3-4)14(8,12)13/h2-3,11H,1H3. The van der Waals surface area contributed by atoms with E-state index in [2.05, 4.69) is 5.32 Å². The summed E-state index contributed by atoms with van der Waals surface area (Å²) in [5, 5.41) is 2.47. The molecule has 0 saturated carbocycles. The van der Waals surface area contributed by atoms with Gasteiger partial charge in [-0.05, 0) is 12.1 Å². The first-order chi connectivity index (χ1) is 6.36. The van der Waals surface area contributed by atoms with E-state index in [4.69, 9.17) is 10.7 Å². The fraction of sp³-hybridized carbons (Fsp3) is 0.143. The van der Waals surface area contributed by atoms with Gasteiger partial charge in [0.1, 0.15) is 11.6 Å². The molecule has 7 heteroatoms. The molecule has 0 radical (unpaired) electrons. The highest BCUT2D eigenvalue weighted by Crippen LogP contribution is 2.25. The van der Waals surface area contributed by atoms with E-state index in [1.807, 2.05) is 0 Å². The minimum absolute atomic E-state index is 0.129. The molecule has 0 bridgehead atoms. The van der Waals surface area contributed by atoms with Crippen LogP contribution in [0.1, 0.15) is 0 Å². The molecule has 0 atom stereocenters. The van der Waals surface area contributed by atoms with E-state index in [0.29, 0.717) is 0 Å². The van der Waals surface area contributed by atoms with Crippen LogP contribution in [0.25, 0.3) is 0 Å². The van der Waals surface area contributed by atoms with Crippen LogP contribution in [-0.2, 0) is 9.05 Å². The number of rotatable bonds is 2. The lowest BCUT2D eigenvalue weighted by Crippen LogP contribution is -2.01. The normalized spacial score (nSPS) is 11.4. The maximum absolute atomic E-state index is 13.1. The maximum atomic E-state index is 13.1. The van der Waals surface area contributed by atoms with Gasteiger partial charge in [-0.1, -0.05) is 0 Å². The molecule has 0 aromatic heterocycles. The molecule has 0 unspecified atom stereocenters. The van der Waals surface area contributed by atoms with E-state index in [-0.39, 0.29) is 5.69 Å². The Kier molecular flexibility index (Phi) is 2.96. The average molecular weight is 242 g/mol. The zero-order valence-electron chi connectivity index (χ0n) is 7.01. The Balaban J connectivity index is 3.48. The Morgan fingerprint density at radius 1 is 1.29 bits per heavy atom. The number of anilines is 1. The van der Waals surface area contributed by atoms with Gasteiger partial charge in [0.15, 0.2) is 4.90 Å². The fourth-order valence-corrected chi connectivity index (χ4v) is 1.96. The van der Waals surface area contributed by atoms with Gasteiger partial charge in [0.2, 0.25) is 0 Å². The monoisotopic (exact) mass is 241 g/mol. The second-order valence-corrected chi connectivity index (χ2v) is 4.96. The van der Waals surface area contributed by atoms with E-state index in [1.165, 1.54) is 7.05 Å². The quantitative estimate of drug-likeness (QED) is 0.805. The Morgan fingerprint density at radius 3 is 2.00 bits per heavy atom. The molecule has 1 aromatic rings. The average Bonchev–Trinajstić information content (AvgIpc) is 1.99. The Hall–Kier alpha value is -0.880. The fourth-order valence-electron chi connectivity index (χ4n) is 0.937. The zero-order chi connectivity index (χ0) is 10.9. The summed E-state index contributed by atoms with van der Waals surface area (Å²) in [6, 6.07) is 1.69. The smallest absolute Gasteiger partial charge is 0.267 e. The van der Waals surface area contributed by atoms with Crippen LogP contribution in [0, 0.1) is 11.6 Å². The van der Waals surface area contributed by atoms with Crippen LogP contribution in [-0.4, -0.2) is 15.5 Å². The largest absolute Gasteiger partial charge is 0.388 e. The second kappa shape index (κ2) is 3.70. The van der Waals surface area contributed by atoms with Gasteiger partial charge in [-0.25, -0.2) is 17.2 Å². The van der Waals surface area contributed by atoms with Crippen molar-refractivity contribution in [3.05, 3.63) is 23.8 Å². The molecule has 0 aliphatic carbocycles. The van der Waals surface area contributed by atoms with Crippen molar-refractivity contribution in [2.24, 2.45) is 0 Å². The lowest BCUT2D eigenvalue weighted by Gasteiger charge is -2.04. The van der Waals surface area contributed by atoms with E-state index < -0.39 is 25.6 Å². The summed E-state index contributed by atoms with van der Waals surface area (Å²) in [6.07, 6.45) is 0. The third kappa shape index (κ3) is 2.13. The first-order valence-electron chi connectivity index (χ1n) is 3.47. The van der Waals surface area contributed by atoms with Gasteiger partial charge in [0, 0.05) is 23.4 Å². The third-order valence-corrected chi connectivity index (χ3v) is 2.87. The Labute approximate surface area is 84.1 Å². The van der Waals surface area contributed by atoms with Crippen LogP contribution >= 0.6 is 10.7 Å². The number of hydrogen-bond acceptors (Lipinski definition) is 3. The molecule has 0 saturated heterocycles. The molecular weight excluding hydrogens is 236 g/mol. The van der Waals surface area contributed by atoms with E-state index in [0.717, 1.165) is 12.1 Å².